The van der Waals surface area contributed by atoms with Gasteiger partial charge in [0.1, 0.15) is 12.4 Å². The highest BCUT2D eigenvalue weighted by atomic mass is 79.9. The number of aromatic nitrogens is 2. The number of anilines is 2. The summed E-state index contributed by atoms with van der Waals surface area (Å²) in [4.78, 5) is 11.8. The summed E-state index contributed by atoms with van der Waals surface area (Å²) in [5.41, 5.74) is 6.58. The molecule has 1 aromatic carbocycles. The van der Waals surface area contributed by atoms with Crippen LogP contribution in [0.4, 0.5) is 11.5 Å². The van der Waals surface area contributed by atoms with Gasteiger partial charge in [-0.15, -0.1) is 0 Å². The van der Waals surface area contributed by atoms with Gasteiger partial charge in [-0.05, 0) is 40.2 Å². The van der Waals surface area contributed by atoms with Crippen LogP contribution in [0.25, 0.3) is 0 Å². The summed E-state index contributed by atoms with van der Waals surface area (Å²) < 4.78 is 2.10. The van der Waals surface area contributed by atoms with Crippen LogP contribution < -0.4 is 11.1 Å². The molecule has 0 saturated carbocycles. The minimum atomic E-state index is -0.228. The molecular formula is C12H10BrN5O. The lowest BCUT2D eigenvalue weighted by atomic mass is 10.2. The van der Waals surface area contributed by atoms with Crippen LogP contribution >= 0.6 is 15.9 Å². The third kappa shape index (κ3) is 3.33. The van der Waals surface area contributed by atoms with Crippen molar-refractivity contribution >= 4 is 33.3 Å². The van der Waals surface area contributed by atoms with E-state index in [2.05, 4.69) is 26.3 Å². The van der Waals surface area contributed by atoms with E-state index in [1.807, 2.05) is 6.07 Å². The van der Waals surface area contributed by atoms with Gasteiger partial charge in [0.25, 0.3) is 0 Å². The number of nitrogen functional groups attached to an aromatic ring is 1. The van der Waals surface area contributed by atoms with E-state index in [9.17, 15) is 4.79 Å². The second-order valence-corrected chi connectivity index (χ2v) is 4.65. The van der Waals surface area contributed by atoms with E-state index in [-0.39, 0.29) is 12.5 Å². The molecule has 0 unspecified atom stereocenters. The van der Waals surface area contributed by atoms with Gasteiger partial charge >= 0.3 is 0 Å². The molecule has 7 heteroatoms. The maximum absolute atomic E-state index is 11.8. The molecule has 19 heavy (non-hydrogen) atoms. The van der Waals surface area contributed by atoms with E-state index in [1.165, 1.54) is 4.68 Å². The molecule has 3 N–H and O–H groups in total. The molecule has 0 aliphatic heterocycles. The summed E-state index contributed by atoms with van der Waals surface area (Å²) in [6, 6.07) is 8.57. The predicted molar refractivity (Wildman–Crippen MR) is 74.1 cm³/mol. The minimum absolute atomic E-state index is 0.0731. The van der Waals surface area contributed by atoms with Crippen molar-refractivity contribution in [3.63, 3.8) is 0 Å². The molecule has 1 aromatic heterocycles. The summed E-state index contributed by atoms with van der Waals surface area (Å²) in [6.07, 6.45) is 1.63. The van der Waals surface area contributed by atoms with Crippen LogP contribution in [0.2, 0.25) is 0 Å². The predicted octanol–water partition coefficient (Wildman–Crippen LogP) is 1.74. The Bertz CT molecular complexity index is 658. The quantitative estimate of drug-likeness (QED) is 0.900. The highest BCUT2D eigenvalue weighted by Crippen LogP contribution is 2.23. The van der Waals surface area contributed by atoms with Crippen molar-refractivity contribution in [2.45, 2.75) is 6.54 Å². The SMILES string of the molecule is N#Cc1ccc(NC(=O)Cn2ccc(N)n2)c(Br)c1. The molecule has 0 atom stereocenters. The van der Waals surface area contributed by atoms with Crippen LogP contribution in [0, 0.1) is 11.3 Å². The number of nitrogens with zero attached hydrogens (tertiary/aromatic N) is 3. The topological polar surface area (TPSA) is 96.7 Å². The molecule has 0 aliphatic carbocycles. The molecular weight excluding hydrogens is 310 g/mol. The fraction of sp³-hybridized carbons (Fsp3) is 0.0833. The van der Waals surface area contributed by atoms with Crippen LogP contribution in [0.3, 0.4) is 0 Å². The monoisotopic (exact) mass is 319 g/mol. The molecule has 1 heterocycles. The van der Waals surface area contributed by atoms with E-state index in [0.29, 0.717) is 21.5 Å². The van der Waals surface area contributed by atoms with E-state index >= 15 is 0 Å². The lowest BCUT2D eigenvalue weighted by Gasteiger charge is -2.07. The Balaban J connectivity index is 2.05. The molecule has 0 fully saturated rings. The standard InChI is InChI=1S/C12H10BrN5O/c13-9-5-8(6-14)1-2-10(9)16-12(19)7-18-4-3-11(15)17-18/h1-5H,7H2,(H2,15,17)(H,16,19). The number of halogens is 1. The Kier molecular flexibility index (Phi) is 3.82. The number of rotatable bonds is 3. The molecule has 96 valence electrons. The smallest absolute Gasteiger partial charge is 0.246 e. The van der Waals surface area contributed by atoms with Crippen molar-refractivity contribution in [3.8, 4) is 6.07 Å². The van der Waals surface area contributed by atoms with E-state index in [1.54, 1.807) is 30.5 Å². The zero-order valence-electron chi connectivity index (χ0n) is 9.80. The maximum Gasteiger partial charge on any atom is 0.246 e. The summed E-state index contributed by atoms with van der Waals surface area (Å²) in [7, 11) is 0. The average Bonchev–Trinajstić information content (AvgIpc) is 2.77. The van der Waals surface area contributed by atoms with Gasteiger partial charge < -0.3 is 11.1 Å². The molecule has 0 saturated heterocycles. The number of carbonyl (C=O) groups is 1. The molecule has 0 spiro atoms. The number of nitrogens with two attached hydrogens (primary N) is 1. The third-order valence-corrected chi connectivity index (χ3v) is 3.00. The number of hydrogen-bond acceptors (Lipinski definition) is 4. The number of carbonyl (C=O) groups excluding carboxylic acids is 1. The van der Waals surface area contributed by atoms with E-state index < -0.39 is 0 Å². The van der Waals surface area contributed by atoms with Gasteiger partial charge in [-0.3, -0.25) is 9.48 Å². The van der Waals surface area contributed by atoms with Gasteiger partial charge in [0.2, 0.25) is 5.91 Å². The summed E-state index contributed by atoms with van der Waals surface area (Å²) in [6.45, 7) is 0.0731. The molecule has 2 rings (SSSR count). The zero-order chi connectivity index (χ0) is 13.8. The van der Waals surface area contributed by atoms with Crippen LogP contribution in [0.15, 0.2) is 34.9 Å². The van der Waals surface area contributed by atoms with Gasteiger partial charge in [-0.1, -0.05) is 0 Å². The maximum atomic E-state index is 11.8. The average molecular weight is 320 g/mol. The molecule has 0 bridgehead atoms. The lowest BCUT2D eigenvalue weighted by molar-refractivity contribution is -0.116. The number of nitrogens with one attached hydrogen (secondary N) is 1. The van der Waals surface area contributed by atoms with Gasteiger partial charge in [-0.2, -0.15) is 10.4 Å². The Labute approximate surface area is 118 Å². The molecule has 0 aliphatic rings. The first kappa shape index (κ1) is 13.1. The fourth-order valence-electron chi connectivity index (χ4n) is 1.49. The summed E-state index contributed by atoms with van der Waals surface area (Å²) in [5, 5.41) is 15.4. The molecule has 1 amide bonds. The first-order valence-electron chi connectivity index (χ1n) is 5.37. The summed E-state index contributed by atoms with van der Waals surface area (Å²) in [5.74, 6) is 0.140. The Morgan fingerprint density at radius 1 is 1.53 bits per heavy atom. The molecule has 2 aromatic rings. The van der Waals surface area contributed by atoms with Gasteiger partial charge in [0.15, 0.2) is 0 Å². The Hall–Kier alpha value is -2.33. The van der Waals surface area contributed by atoms with Crippen molar-refractivity contribution < 1.29 is 4.79 Å². The number of hydrogen-bond donors (Lipinski definition) is 2. The number of amides is 1. The van der Waals surface area contributed by atoms with Crippen molar-refractivity contribution in [2.24, 2.45) is 0 Å². The van der Waals surface area contributed by atoms with Crippen molar-refractivity contribution in [1.82, 2.24) is 9.78 Å². The molecule has 6 nitrogen and oxygen atoms in total. The molecule has 0 radical (unpaired) electrons. The summed E-state index contributed by atoms with van der Waals surface area (Å²) >= 11 is 3.30. The first-order chi connectivity index (χ1) is 9.08. The minimum Gasteiger partial charge on any atom is -0.382 e. The fourth-order valence-corrected chi connectivity index (χ4v) is 1.97. The van der Waals surface area contributed by atoms with Gasteiger partial charge in [-0.25, -0.2) is 0 Å². The Morgan fingerprint density at radius 3 is 2.89 bits per heavy atom. The highest BCUT2D eigenvalue weighted by Gasteiger charge is 2.07. The van der Waals surface area contributed by atoms with Crippen molar-refractivity contribution in [3.05, 3.63) is 40.5 Å². The van der Waals surface area contributed by atoms with Crippen LogP contribution in [-0.2, 0) is 11.3 Å². The first-order valence-corrected chi connectivity index (χ1v) is 6.16. The third-order valence-electron chi connectivity index (χ3n) is 2.34. The van der Waals surface area contributed by atoms with Crippen LogP contribution in [0.1, 0.15) is 5.56 Å². The van der Waals surface area contributed by atoms with Crippen LogP contribution in [-0.4, -0.2) is 15.7 Å². The van der Waals surface area contributed by atoms with Gasteiger partial charge in [0, 0.05) is 10.7 Å². The normalized spacial score (nSPS) is 9.89. The van der Waals surface area contributed by atoms with E-state index in [0.717, 1.165) is 0 Å². The number of nitriles is 1. The second kappa shape index (κ2) is 5.54. The largest absolute Gasteiger partial charge is 0.382 e. The van der Waals surface area contributed by atoms with E-state index in [4.69, 9.17) is 11.0 Å². The Morgan fingerprint density at radius 2 is 2.32 bits per heavy atom. The highest BCUT2D eigenvalue weighted by molar-refractivity contribution is 9.10. The lowest BCUT2D eigenvalue weighted by Crippen LogP contribution is -2.19. The van der Waals surface area contributed by atoms with Crippen molar-refractivity contribution in [2.75, 3.05) is 11.1 Å². The van der Waals surface area contributed by atoms with Crippen molar-refractivity contribution in [1.29, 1.82) is 5.26 Å². The van der Waals surface area contributed by atoms with Gasteiger partial charge in [0.05, 0.1) is 17.3 Å². The van der Waals surface area contributed by atoms with Crippen LogP contribution in [0.5, 0.6) is 0 Å². The number of benzene rings is 1. The second-order valence-electron chi connectivity index (χ2n) is 3.79. The zero-order valence-corrected chi connectivity index (χ0v) is 11.4.